The minimum Gasteiger partial charge on any atom is -0.379 e. The first-order valence-electron chi connectivity index (χ1n) is 8.72. The zero-order valence-corrected chi connectivity index (χ0v) is 14.7. The van der Waals surface area contributed by atoms with E-state index in [0.29, 0.717) is 12.1 Å². The summed E-state index contributed by atoms with van der Waals surface area (Å²) in [5.41, 5.74) is 3.70. The summed E-state index contributed by atoms with van der Waals surface area (Å²) in [6.45, 7) is 13.5. The van der Waals surface area contributed by atoms with Crippen LogP contribution in [0.2, 0.25) is 0 Å². The highest BCUT2D eigenvalue weighted by Crippen LogP contribution is 2.31. The van der Waals surface area contributed by atoms with Gasteiger partial charge < -0.3 is 5.32 Å². The summed E-state index contributed by atoms with van der Waals surface area (Å²) in [5.74, 6) is 1.74. The van der Waals surface area contributed by atoms with Gasteiger partial charge in [0, 0.05) is 12.1 Å². The maximum atomic E-state index is 4.70. The smallest absolute Gasteiger partial charge is 0.0828 e. The molecule has 2 rings (SSSR count). The van der Waals surface area contributed by atoms with E-state index in [0.717, 1.165) is 17.5 Å². The van der Waals surface area contributed by atoms with Gasteiger partial charge in [0.15, 0.2) is 0 Å². The molecule has 0 amide bonds. The minimum atomic E-state index is 0.429. The summed E-state index contributed by atoms with van der Waals surface area (Å²) in [6.07, 6.45) is 6.73. The molecule has 1 saturated carbocycles. The zero-order chi connectivity index (χ0) is 15.6. The minimum absolute atomic E-state index is 0.429. The Balaban J connectivity index is 2.05. The molecule has 1 aliphatic carbocycles. The van der Waals surface area contributed by atoms with Crippen molar-refractivity contribution in [3.63, 3.8) is 0 Å². The van der Waals surface area contributed by atoms with Crippen LogP contribution in [0.15, 0.2) is 0 Å². The molecule has 1 fully saturated rings. The first-order chi connectivity index (χ1) is 9.90. The molecule has 0 aliphatic heterocycles. The van der Waals surface area contributed by atoms with Crippen LogP contribution in [-0.2, 0) is 0 Å². The Morgan fingerprint density at radius 3 is 2.33 bits per heavy atom. The number of nitrogens with zero attached hydrogens (tertiary/aromatic N) is 2. The Hall–Kier alpha value is -0.990. The second kappa shape index (κ2) is 6.85. The van der Waals surface area contributed by atoms with E-state index in [1.165, 1.54) is 43.5 Å². The van der Waals surface area contributed by atoms with Gasteiger partial charge in [0.05, 0.1) is 17.1 Å². The highest BCUT2D eigenvalue weighted by atomic mass is 15.3. The Bertz CT molecular complexity index is 459. The third kappa shape index (κ3) is 3.81. The van der Waals surface area contributed by atoms with Gasteiger partial charge in [-0.1, -0.05) is 26.7 Å². The van der Waals surface area contributed by atoms with Crippen molar-refractivity contribution in [2.75, 3.05) is 5.32 Å². The van der Waals surface area contributed by atoms with Crippen molar-refractivity contribution >= 4 is 5.69 Å². The molecule has 1 aromatic rings. The molecule has 0 saturated heterocycles. The van der Waals surface area contributed by atoms with Gasteiger partial charge in [-0.25, -0.2) is 0 Å². The molecule has 2 atom stereocenters. The number of hydrogen-bond acceptors (Lipinski definition) is 2. The average Bonchev–Trinajstić information content (AvgIpc) is 2.61. The molecule has 0 aromatic carbocycles. The molecule has 1 heterocycles. The molecule has 1 N–H and O–H groups in total. The van der Waals surface area contributed by atoms with E-state index in [9.17, 15) is 0 Å². The number of aromatic nitrogens is 2. The third-order valence-corrected chi connectivity index (χ3v) is 5.12. The normalized spacial score (nSPS) is 23.6. The van der Waals surface area contributed by atoms with E-state index in [4.69, 9.17) is 5.10 Å². The lowest BCUT2D eigenvalue weighted by Crippen LogP contribution is -2.19. The maximum Gasteiger partial charge on any atom is 0.0828 e. The molecular formula is C18H33N3. The van der Waals surface area contributed by atoms with Crippen molar-refractivity contribution in [2.45, 2.75) is 85.7 Å². The molecule has 0 bridgehead atoms. The molecule has 3 heteroatoms. The van der Waals surface area contributed by atoms with Crippen LogP contribution in [0.4, 0.5) is 5.69 Å². The number of nitrogens with one attached hydrogen (secondary N) is 1. The number of hydrogen-bond donors (Lipinski definition) is 1. The Morgan fingerprint density at radius 2 is 1.76 bits per heavy atom. The largest absolute Gasteiger partial charge is 0.379 e. The van der Waals surface area contributed by atoms with Gasteiger partial charge in [0.25, 0.3) is 0 Å². The Morgan fingerprint density at radius 1 is 1.05 bits per heavy atom. The van der Waals surface area contributed by atoms with E-state index in [-0.39, 0.29) is 0 Å². The van der Waals surface area contributed by atoms with Gasteiger partial charge in [-0.2, -0.15) is 5.10 Å². The monoisotopic (exact) mass is 291 g/mol. The molecule has 1 aliphatic rings. The number of anilines is 1. The molecule has 1 aromatic heterocycles. The quantitative estimate of drug-likeness (QED) is 0.782. The predicted octanol–water partition coefficient (Wildman–Crippen LogP) is 5.10. The average molecular weight is 291 g/mol. The second-order valence-electron chi connectivity index (χ2n) is 7.44. The van der Waals surface area contributed by atoms with Crippen molar-refractivity contribution in [2.24, 2.45) is 11.8 Å². The topological polar surface area (TPSA) is 29.9 Å². The summed E-state index contributed by atoms with van der Waals surface area (Å²) in [5, 5.41) is 8.50. The van der Waals surface area contributed by atoms with Gasteiger partial charge in [0.1, 0.15) is 0 Å². The van der Waals surface area contributed by atoms with E-state index in [1.807, 2.05) is 0 Å². The van der Waals surface area contributed by atoms with Gasteiger partial charge in [-0.15, -0.1) is 0 Å². The molecule has 120 valence electrons. The first kappa shape index (κ1) is 16.4. The van der Waals surface area contributed by atoms with Crippen LogP contribution in [0, 0.1) is 25.7 Å². The van der Waals surface area contributed by atoms with Crippen LogP contribution in [0.25, 0.3) is 0 Å². The van der Waals surface area contributed by atoms with Crippen LogP contribution in [-0.4, -0.2) is 15.8 Å². The summed E-state index contributed by atoms with van der Waals surface area (Å²) in [6, 6.07) is 1.05. The van der Waals surface area contributed by atoms with E-state index in [1.54, 1.807) is 0 Å². The summed E-state index contributed by atoms with van der Waals surface area (Å²) >= 11 is 0. The molecule has 0 spiro atoms. The standard InChI is InChI=1S/C18H33N3/c1-12(2)16-8-7-9-17(11-10-16)19-18-14(5)20-21(13(3)4)15(18)6/h12-13,16-17,19H,7-11H2,1-6H3. The van der Waals surface area contributed by atoms with E-state index in [2.05, 4.69) is 51.5 Å². The number of rotatable bonds is 4. The van der Waals surface area contributed by atoms with E-state index < -0.39 is 0 Å². The van der Waals surface area contributed by atoms with E-state index >= 15 is 0 Å². The van der Waals surface area contributed by atoms with Crippen LogP contribution in [0.3, 0.4) is 0 Å². The van der Waals surface area contributed by atoms with Gasteiger partial charge >= 0.3 is 0 Å². The fourth-order valence-corrected chi connectivity index (χ4v) is 3.72. The highest BCUT2D eigenvalue weighted by molar-refractivity contribution is 5.52. The molecular weight excluding hydrogens is 258 g/mol. The van der Waals surface area contributed by atoms with Gasteiger partial charge in [-0.05, 0) is 58.8 Å². The fourth-order valence-electron chi connectivity index (χ4n) is 3.72. The molecule has 21 heavy (non-hydrogen) atoms. The van der Waals surface area contributed by atoms with Crippen molar-refractivity contribution in [3.8, 4) is 0 Å². The molecule has 0 radical (unpaired) electrons. The van der Waals surface area contributed by atoms with Crippen LogP contribution in [0.5, 0.6) is 0 Å². The predicted molar refractivity (Wildman–Crippen MR) is 90.9 cm³/mol. The molecule has 2 unspecified atom stereocenters. The van der Waals surface area contributed by atoms with Crippen molar-refractivity contribution in [1.29, 1.82) is 0 Å². The summed E-state index contributed by atoms with van der Waals surface area (Å²) in [7, 11) is 0. The van der Waals surface area contributed by atoms with Crippen LogP contribution >= 0.6 is 0 Å². The Labute approximate surface area is 130 Å². The lowest BCUT2D eigenvalue weighted by atomic mass is 9.89. The first-order valence-corrected chi connectivity index (χ1v) is 8.72. The van der Waals surface area contributed by atoms with Crippen LogP contribution < -0.4 is 5.32 Å². The highest BCUT2D eigenvalue weighted by Gasteiger charge is 2.23. The van der Waals surface area contributed by atoms with Crippen molar-refractivity contribution in [1.82, 2.24) is 9.78 Å². The molecule has 3 nitrogen and oxygen atoms in total. The third-order valence-electron chi connectivity index (χ3n) is 5.12. The fraction of sp³-hybridized carbons (Fsp3) is 0.833. The lowest BCUT2D eigenvalue weighted by molar-refractivity contribution is 0.341. The summed E-state index contributed by atoms with van der Waals surface area (Å²) < 4.78 is 2.14. The van der Waals surface area contributed by atoms with Crippen molar-refractivity contribution in [3.05, 3.63) is 11.4 Å². The zero-order valence-electron chi connectivity index (χ0n) is 14.7. The number of aryl methyl sites for hydroxylation is 1. The SMILES string of the molecule is Cc1nn(C(C)C)c(C)c1NC1CCCC(C(C)C)CC1. The second-order valence-corrected chi connectivity index (χ2v) is 7.44. The van der Waals surface area contributed by atoms with Crippen molar-refractivity contribution < 1.29 is 0 Å². The lowest BCUT2D eigenvalue weighted by Gasteiger charge is -2.20. The Kier molecular flexibility index (Phi) is 5.34. The van der Waals surface area contributed by atoms with Gasteiger partial charge in [0.2, 0.25) is 0 Å². The van der Waals surface area contributed by atoms with Gasteiger partial charge in [-0.3, -0.25) is 4.68 Å². The van der Waals surface area contributed by atoms with Crippen LogP contribution in [0.1, 0.15) is 77.2 Å². The maximum absolute atomic E-state index is 4.70. The summed E-state index contributed by atoms with van der Waals surface area (Å²) in [4.78, 5) is 0.